The van der Waals surface area contributed by atoms with Crippen molar-refractivity contribution < 1.29 is 9.59 Å². The molecule has 130 valence electrons. The third-order valence-electron chi connectivity index (χ3n) is 5.33. The molecule has 4 nitrogen and oxygen atoms in total. The second-order valence-corrected chi connectivity index (χ2v) is 9.06. The Labute approximate surface area is 148 Å². The van der Waals surface area contributed by atoms with Crippen LogP contribution in [-0.2, 0) is 15.0 Å². The van der Waals surface area contributed by atoms with Crippen LogP contribution in [0.2, 0.25) is 0 Å². The lowest BCUT2D eigenvalue weighted by Crippen LogP contribution is -2.58. The van der Waals surface area contributed by atoms with Crippen molar-refractivity contribution in [2.45, 2.75) is 55.7 Å². The standard InChI is InChI=1S/C19H26N2O2S/c1-18(2)17(23)21-15(12-24-18)16(22)20-13-19(10-6-7-11-19)14-8-4-3-5-9-14/h3-5,8-9,15H,6-7,10-13H2,1-2H3,(H,20,22)(H,21,23)/t15-/m1/s1. The van der Waals surface area contributed by atoms with E-state index >= 15 is 0 Å². The maximum absolute atomic E-state index is 12.5. The highest BCUT2D eigenvalue weighted by Gasteiger charge is 2.40. The molecule has 1 saturated heterocycles. The van der Waals surface area contributed by atoms with Gasteiger partial charge >= 0.3 is 0 Å². The Kier molecular flexibility index (Phi) is 4.90. The van der Waals surface area contributed by atoms with Crippen LogP contribution in [0.3, 0.4) is 0 Å². The van der Waals surface area contributed by atoms with Crippen LogP contribution in [0.25, 0.3) is 0 Å². The fraction of sp³-hybridized carbons (Fsp3) is 0.579. The van der Waals surface area contributed by atoms with Gasteiger partial charge in [0.15, 0.2) is 0 Å². The third-order valence-corrected chi connectivity index (χ3v) is 6.73. The Morgan fingerprint density at radius 2 is 1.92 bits per heavy atom. The van der Waals surface area contributed by atoms with Crippen LogP contribution in [-0.4, -0.2) is 34.9 Å². The van der Waals surface area contributed by atoms with E-state index in [-0.39, 0.29) is 17.2 Å². The summed E-state index contributed by atoms with van der Waals surface area (Å²) in [7, 11) is 0. The molecule has 2 aliphatic rings. The molecule has 0 bridgehead atoms. The summed E-state index contributed by atoms with van der Waals surface area (Å²) in [5.74, 6) is 0.509. The summed E-state index contributed by atoms with van der Waals surface area (Å²) in [5, 5.41) is 5.98. The maximum atomic E-state index is 12.5. The van der Waals surface area contributed by atoms with Gasteiger partial charge in [0.2, 0.25) is 11.8 Å². The van der Waals surface area contributed by atoms with E-state index in [1.807, 2.05) is 19.9 Å². The number of thioether (sulfide) groups is 1. The minimum Gasteiger partial charge on any atom is -0.353 e. The van der Waals surface area contributed by atoms with E-state index in [1.165, 1.54) is 18.4 Å². The van der Waals surface area contributed by atoms with Crippen LogP contribution >= 0.6 is 11.8 Å². The zero-order valence-corrected chi connectivity index (χ0v) is 15.2. The normalized spacial score (nSPS) is 25.1. The molecule has 0 radical (unpaired) electrons. The van der Waals surface area contributed by atoms with Gasteiger partial charge in [-0.25, -0.2) is 0 Å². The fourth-order valence-corrected chi connectivity index (χ4v) is 4.67. The molecule has 2 amide bonds. The molecular formula is C19H26N2O2S. The van der Waals surface area contributed by atoms with Gasteiger partial charge in [-0.1, -0.05) is 43.2 Å². The largest absolute Gasteiger partial charge is 0.353 e. The smallest absolute Gasteiger partial charge is 0.243 e. The average molecular weight is 346 g/mol. The Morgan fingerprint density at radius 3 is 2.54 bits per heavy atom. The number of nitrogens with one attached hydrogen (secondary N) is 2. The van der Waals surface area contributed by atoms with Crippen molar-refractivity contribution in [3.63, 3.8) is 0 Å². The summed E-state index contributed by atoms with van der Waals surface area (Å²) in [6.45, 7) is 4.43. The molecule has 1 aliphatic heterocycles. The van der Waals surface area contributed by atoms with Crippen molar-refractivity contribution in [2.24, 2.45) is 0 Å². The van der Waals surface area contributed by atoms with Crippen LogP contribution in [0.1, 0.15) is 45.1 Å². The molecule has 1 atom stereocenters. The molecule has 1 aromatic rings. The second-order valence-electron chi connectivity index (χ2n) is 7.42. The minimum absolute atomic E-state index is 0.0437. The highest BCUT2D eigenvalue weighted by Crippen LogP contribution is 2.40. The van der Waals surface area contributed by atoms with Crippen molar-refractivity contribution in [1.82, 2.24) is 10.6 Å². The van der Waals surface area contributed by atoms with E-state index in [0.29, 0.717) is 12.3 Å². The van der Waals surface area contributed by atoms with E-state index in [0.717, 1.165) is 12.8 Å². The number of benzene rings is 1. The molecule has 2 fully saturated rings. The SMILES string of the molecule is CC1(C)SC[C@H](C(=O)NCC2(c3ccccc3)CCCC2)NC1=O. The molecular weight excluding hydrogens is 320 g/mol. The first-order valence-electron chi connectivity index (χ1n) is 8.71. The Balaban J connectivity index is 1.64. The molecule has 3 rings (SSSR count). The maximum Gasteiger partial charge on any atom is 0.243 e. The Morgan fingerprint density at radius 1 is 1.25 bits per heavy atom. The molecule has 1 aromatic carbocycles. The van der Waals surface area contributed by atoms with Gasteiger partial charge in [0.1, 0.15) is 6.04 Å². The van der Waals surface area contributed by atoms with Gasteiger partial charge < -0.3 is 10.6 Å². The van der Waals surface area contributed by atoms with Crippen LogP contribution in [0, 0.1) is 0 Å². The lowest BCUT2D eigenvalue weighted by molar-refractivity contribution is -0.129. The summed E-state index contributed by atoms with van der Waals surface area (Å²) >= 11 is 1.55. The van der Waals surface area contributed by atoms with Crippen LogP contribution < -0.4 is 10.6 Å². The highest BCUT2D eigenvalue weighted by atomic mass is 32.2. The van der Waals surface area contributed by atoms with E-state index in [4.69, 9.17) is 0 Å². The van der Waals surface area contributed by atoms with Crippen LogP contribution in [0.15, 0.2) is 30.3 Å². The molecule has 1 aliphatic carbocycles. The van der Waals surface area contributed by atoms with Gasteiger partial charge in [0.05, 0.1) is 4.75 Å². The number of carbonyl (C=O) groups excluding carboxylic acids is 2. The Bertz CT molecular complexity index is 609. The lowest BCUT2D eigenvalue weighted by Gasteiger charge is -2.34. The number of rotatable bonds is 4. The fourth-order valence-electron chi connectivity index (χ4n) is 3.66. The molecule has 0 aromatic heterocycles. The van der Waals surface area contributed by atoms with Gasteiger partial charge in [-0.2, -0.15) is 0 Å². The first-order chi connectivity index (χ1) is 11.4. The van der Waals surface area contributed by atoms with E-state index < -0.39 is 10.8 Å². The predicted molar refractivity (Wildman–Crippen MR) is 98.1 cm³/mol. The average Bonchev–Trinajstić information content (AvgIpc) is 3.06. The zero-order chi connectivity index (χ0) is 17.2. The first kappa shape index (κ1) is 17.3. The zero-order valence-electron chi connectivity index (χ0n) is 14.4. The molecule has 24 heavy (non-hydrogen) atoms. The van der Waals surface area contributed by atoms with Crippen molar-refractivity contribution >= 4 is 23.6 Å². The van der Waals surface area contributed by atoms with Gasteiger partial charge in [-0.05, 0) is 32.3 Å². The van der Waals surface area contributed by atoms with Crippen molar-refractivity contribution in [1.29, 1.82) is 0 Å². The highest BCUT2D eigenvalue weighted by molar-refractivity contribution is 8.01. The number of hydrogen-bond donors (Lipinski definition) is 2. The van der Waals surface area contributed by atoms with Crippen molar-refractivity contribution in [3.05, 3.63) is 35.9 Å². The predicted octanol–water partition coefficient (Wildman–Crippen LogP) is 2.62. The van der Waals surface area contributed by atoms with Gasteiger partial charge in [0.25, 0.3) is 0 Å². The third kappa shape index (κ3) is 3.46. The van der Waals surface area contributed by atoms with Crippen LogP contribution in [0.5, 0.6) is 0 Å². The van der Waals surface area contributed by atoms with Gasteiger partial charge in [0, 0.05) is 17.7 Å². The van der Waals surface area contributed by atoms with Crippen LogP contribution in [0.4, 0.5) is 0 Å². The number of carbonyl (C=O) groups is 2. The number of amides is 2. The summed E-state index contributed by atoms with van der Waals surface area (Å²) in [4.78, 5) is 24.6. The second kappa shape index (κ2) is 6.79. The summed E-state index contributed by atoms with van der Waals surface area (Å²) < 4.78 is -0.451. The molecule has 1 saturated carbocycles. The molecule has 0 spiro atoms. The van der Waals surface area contributed by atoms with E-state index in [2.05, 4.69) is 34.9 Å². The summed E-state index contributed by atoms with van der Waals surface area (Å²) in [6, 6.07) is 10.1. The lowest BCUT2D eigenvalue weighted by atomic mass is 9.79. The van der Waals surface area contributed by atoms with Crippen molar-refractivity contribution in [2.75, 3.05) is 12.3 Å². The first-order valence-corrected chi connectivity index (χ1v) is 9.70. The monoisotopic (exact) mass is 346 g/mol. The summed E-state index contributed by atoms with van der Waals surface area (Å²) in [5.41, 5.74) is 1.35. The molecule has 2 N–H and O–H groups in total. The minimum atomic E-state index is -0.451. The van der Waals surface area contributed by atoms with E-state index in [9.17, 15) is 9.59 Å². The summed E-state index contributed by atoms with van der Waals surface area (Å²) in [6.07, 6.45) is 4.62. The van der Waals surface area contributed by atoms with Crippen molar-refractivity contribution in [3.8, 4) is 0 Å². The Hall–Kier alpha value is -1.49. The van der Waals surface area contributed by atoms with Gasteiger partial charge in [-0.3, -0.25) is 9.59 Å². The van der Waals surface area contributed by atoms with E-state index in [1.54, 1.807) is 11.8 Å². The molecule has 1 heterocycles. The van der Waals surface area contributed by atoms with Gasteiger partial charge in [-0.15, -0.1) is 11.8 Å². The quantitative estimate of drug-likeness (QED) is 0.881. The molecule has 0 unspecified atom stereocenters. The molecule has 5 heteroatoms. The topological polar surface area (TPSA) is 58.2 Å². The number of hydrogen-bond acceptors (Lipinski definition) is 3.